The molecule has 17 heavy (non-hydrogen) atoms. The molecule has 0 aliphatic rings. The number of nitriles is 1. The van der Waals surface area contributed by atoms with E-state index in [-0.39, 0.29) is 0 Å². The largest absolute Gasteiger partial charge is 0.253 e. The van der Waals surface area contributed by atoms with Gasteiger partial charge in [0.05, 0.1) is 11.0 Å². The second-order valence-electron chi connectivity index (χ2n) is 3.57. The Morgan fingerprint density at radius 3 is 2.65 bits per heavy atom. The predicted molar refractivity (Wildman–Crippen MR) is 64.0 cm³/mol. The number of hydrogen-bond donors (Lipinski definition) is 0. The standard InChI is InChI=1S/C13H8N4/c14-9-17-12-7-2-1-5-10(12)16-13(17)11-6-3-4-8-15-11/h1-8H. The summed E-state index contributed by atoms with van der Waals surface area (Å²) in [6.45, 7) is 0. The Hall–Kier alpha value is -2.67. The first-order valence-corrected chi connectivity index (χ1v) is 5.19. The molecule has 0 saturated heterocycles. The summed E-state index contributed by atoms with van der Waals surface area (Å²) in [7, 11) is 0. The fourth-order valence-corrected chi connectivity index (χ4v) is 1.79. The smallest absolute Gasteiger partial charge is 0.190 e. The van der Waals surface area contributed by atoms with Crippen molar-refractivity contribution in [2.75, 3.05) is 0 Å². The number of imidazole rings is 1. The average molecular weight is 220 g/mol. The molecule has 3 rings (SSSR count). The molecule has 4 nitrogen and oxygen atoms in total. The summed E-state index contributed by atoms with van der Waals surface area (Å²) in [5, 5.41) is 9.21. The predicted octanol–water partition coefficient (Wildman–Crippen LogP) is 2.43. The van der Waals surface area contributed by atoms with Crippen molar-refractivity contribution in [1.29, 1.82) is 5.26 Å². The Morgan fingerprint density at radius 1 is 1.06 bits per heavy atom. The number of nitrogens with zero attached hydrogens (tertiary/aromatic N) is 4. The van der Waals surface area contributed by atoms with Gasteiger partial charge in [-0.15, -0.1) is 0 Å². The molecule has 0 aliphatic heterocycles. The first kappa shape index (κ1) is 9.55. The van der Waals surface area contributed by atoms with Gasteiger partial charge in [-0.25, -0.2) is 9.55 Å². The number of rotatable bonds is 1. The molecule has 3 aromatic rings. The van der Waals surface area contributed by atoms with E-state index in [1.165, 1.54) is 4.57 Å². The van der Waals surface area contributed by atoms with Crippen molar-refractivity contribution in [3.63, 3.8) is 0 Å². The lowest BCUT2D eigenvalue weighted by molar-refractivity contribution is 1.10. The van der Waals surface area contributed by atoms with E-state index in [0.29, 0.717) is 11.5 Å². The molecule has 0 spiro atoms. The maximum atomic E-state index is 9.21. The van der Waals surface area contributed by atoms with Crippen LogP contribution in [0.2, 0.25) is 0 Å². The van der Waals surface area contributed by atoms with Crippen molar-refractivity contribution in [3.8, 4) is 17.7 Å². The first-order chi connectivity index (χ1) is 8.40. The Kier molecular flexibility index (Phi) is 2.09. The molecule has 0 N–H and O–H groups in total. The molecule has 0 aliphatic carbocycles. The summed E-state index contributed by atoms with van der Waals surface area (Å²) in [6, 6.07) is 13.1. The minimum atomic E-state index is 0.578. The maximum Gasteiger partial charge on any atom is 0.190 e. The van der Waals surface area contributed by atoms with Crippen molar-refractivity contribution in [2.24, 2.45) is 0 Å². The minimum absolute atomic E-state index is 0.578. The fourth-order valence-electron chi connectivity index (χ4n) is 1.79. The zero-order valence-electron chi connectivity index (χ0n) is 8.91. The van der Waals surface area contributed by atoms with E-state index in [0.717, 1.165) is 11.0 Å². The highest BCUT2D eigenvalue weighted by Gasteiger charge is 2.12. The van der Waals surface area contributed by atoms with E-state index >= 15 is 0 Å². The van der Waals surface area contributed by atoms with E-state index < -0.39 is 0 Å². The molecule has 0 atom stereocenters. The fraction of sp³-hybridized carbons (Fsp3) is 0. The summed E-state index contributed by atoms with van der Waals surface area (Å²) < 4.78 is 1.50. The van der Waals surface area contributed by atoms with E-state index in [9.17, 15) is 5.26 Å². The summed E-state index contributed by atoms with van der Waals surface area (Å²) in [4.78, 5) is 8.65. The first-order valence-electron chi connectivity index (χ1n) is 5.19. The Morgan fingerprint density at radius 2 is 1.88 bits per heavy atom. The number of para-hydroxylation sites is 2. The molecule has 0 fully saturated rings. The molecule has 0 saturated carbocycles. The highest BCUT2D eigenvalue weighted by atomic mass is 15.1. The number of aromatic nitrogens is 3. The van der Waals surface area contributed by atoms with E-state index in [2.05, 4.69) is 16.2 Å². The quantitative estimate of drug-likeness (QED) is 0.632. The summed E-state index contributed by atoms with van der Waals surface area (Å²) in [5.41, 5.74) is 2.30. The highest BCUT2D eigenvalue weighted by Crippen LogP contribution is 2.21. The lowest BCUT2D eigenvalue weighted by atomic mass is 10.3. The molecule has 80 valence electrons. The normalized spacial score (nSPS) is 10.3. The topological polar surface area (TPSA) is 54.5 Å². The Bertz CT molecular complexity index is 707. The Labute approximate surface area is 97.8 Å². The molecule has 0 radical (unpaired) electrons. The molecule has 0 bridgehead atoms. The third-order valence-electron chi connectivity index (χ3n) is 2.55. The van der Waals surface area contributed by atoms with Gasteiger partial charge < -0.3 is 0 Å². The van der Waals surface area contributed by atoms with Gasteiger partial charge >= 0.3 is 0 Å². The van der Waals surface area contributed by atoms with Gasteiger partial charge in [0.15, 0.2) is 12.0 Å². The number of pyridine rings is 1. The van der Waals surface area contributed by atoms with Crippen LogP contribution in [-0.2, 0) is 0 Å². The van der Waals surface area contributed by atoms with Crippen LogP contribution in [-0.4, -0.2) is 14.5 Å². The van der Waals surface area contributed by atoms with Crippen LogP contribution in [0.3, 0.4) is 0 Å². The molecule has 4 heteroatoms. The van der Waals surface area contributed by atoms with Gasteiger partial charge in [-0.2, -0.15) is 5.26 Å². The molecule has 0 amide bonds. The molecule has 1 aromatic carbocycles. The molecular weight excluding hydrogens is 212 g/mol. The van der Waals surface area contributed by atoms with Gasteiger partial charge in [0.25, 0.3) is 0 Å². The SMILES string of the molecule is N#Cn1c(-c2ccccn2)nc2ccccc21. The van der Waals surface area contributed by atoms with Crippen LogP contribution in [0.1, 0.15) is 0 Å². The van der Waals surface area contributed by atoms with Crippen LogP contribution in [0.4, 0.5) is 0 Å². The number of hydrogen-bond acceptors (Lipinski definition) is 3. The zero-order chi connectivity index (χ0) is 11.7. The highest BCUT2D eigenvalue weighted by molar-refractivity contribution is 5.80. The third-order valence-corrected chi connectivity index (χ3v) is 2.55. The van der Waals surface area contributed by atoms with Crippen molar-refractivity contribution in [2.45, 2.75) is 0 Å². The number of fused-ring (bicyclic) bond motifs is 1. The van der Waals surface area contributed by atoms with Crippen LogP contribution in [0, 0.1) is 11.5 Å². The van der Waals surface area contributed by atoms with Crippen molar-refractivity contribution in [1.82, 2.24) is 14.5 Å². The van der Waals surface area contributed by atoms with Crippen LogP contribution in [0.15, 0.2) is 48.7 Å². The zero-order valence-corrected chi connectivity index (χ0v) is 8.91. The van der Waals surface area contributed by atoms with Crippen LogP contribution < -0.4 is 0 Å². The van der Waals surface area contributed by atoms with Gasteiger partial charge in [-0.1, -0.05) is 18.2 Å². The minimum Gasteiger partial charge on any atom is -0.253 e. The average Bonchev–Trinajstić information content (AvgIpc) is 2.78. The van der Waals surface area contributed by atoms with Gasteiger partial charge in [0.2, 0.25) is 0 Å². The third kappa shape index (κ3) is 1.45. The van der Waals surface area contributed by atoms with Crippen molar-refractivity contribution < 1.29 is 0 Å². The van der Waals surface area contributed by atoms with Crippen LogP contribution in [0.25, 0.3) is 22.6 Å². The van der Waals surface area contributed by atoms with Crippen molar-refractivity contribution >= 4 is 11.0 Å². The Balaban J connectivity index is 2.35. The molecule has 2 heterocycles. The van der Waals surface area contributed by atoms with Gasteiger partial charge in [0.1, 0.15) is 5.69 Å². The summed E-state index contributed by atoms with van der Waals surface area (Å²) in [6.07, 6.45) is 3.82. The molecular formula is C13H8N4. The van der Waals surface area contributed by atoms with Gasteiger partial charge in [-0.3, -0.25) is 4.98 Å². The lowest BCUT2D eigenvalue weighted by Gasteiger charge is -1.97. The summed E-state index contributed by atoms with van der Waals surface area (Å²) in [5.74, 6) is 0.578. The monoisotopic (exact) mass is 220 g/mol. The second-order valence-corrected chi connectivity index (χ2v) is 3.57. The molecule has 2 aromatic heterocycles. The van der Waals surface area contributed by atoms with E-state index in [1.807, 2.05) is 42.5 Å². The van der Waals surface area contributed by atoms with Crippen molar-refractivity contribution in [3.05, 3.63) is 48.7 Å². The maximum absolute atomic E-state index is 9.21. The summed E-state index contributed by atoms with van der Waals surface area (Å²) >= 11 is 0. The van der Waals surface area contributed by atoms with E-state index in [4.69, 9.17) is 0 Å². The molecule has 0 unspecified atom stereocenters. The second kappa shape index (κ2) is 3.72. The van der Waals surface area contributed by atoms with Gasteiger partial charge in [-0.05, 0) is 24.3 Å². The van der Waals surface area contributed by atoms with Crippen LogP contribution >= 0.6 is 0 Å². The number of benzene rings is 1. The van der Waals surface area contributed by atoms with Crippen LogP contribution in [0.5, 0.6) is 0 Å². The van der Waals surface area contributed by atoms with E-state index in [1.54, 1.807) is 6.20 Å². The lowest BCUT2D eigenvalue weighted by Crippen LogP contribution is -1.93. The van der Waals surface area contributed by atoms with Gasteiger partial charge in [0, 0.05) is 6.20 Å².